The second kappa shape index (κ2) is 9.19. The highest BCUT2D eigenvalue weighted by atomic mass is 16.5. The van der Waals surface area contributed by atoms with Crippen LogP contribution in [0.3, 0.4) is 0 Å². The zero-order chi connectivity index (χ0) is 22.8. The van der Waals surface area contributed by atoms with Crippen LogP contribution in [0.1, 0.15) is 43.0 Å². The number of amides is 2. The molecule has 0 radical (unpaired) electrons. The minimum atomic E-state index is -0.276. The van der Waals surface area contributed by atoms with Gasteiger partial charge in [0.25, 0.3) is 5.91 Å². The Morgan fingerprint density at radius 1 is 1.21 bits per heavy atom. The molecule has 0 saturated carbocycles. The summed E-state index contributed by atoms with van der Waals surface area (Å²) in [5, 5.41) is 11.9. The Hall–Kier alpha value is -3.46. The van der Waals surface area contributed by atoms with Gasteiger partial charge in [-0.15, -0.1) is 0 Å². The largest absolute Gasteiger partial charge is 0.381 e. The minimum absolute atomic E-state index is 0.0774. The number of ether oxygens (including phenoxy) is 1. The number of aromatic nitrogens is 3. The summed E-state index contributed by atoms with van der Waals surface area (Å²) in [6, 6.07) is 7.63. The first-order valence-electron chi connectivity index (χ1n) is 11.5. The molecule has 2 amide bonds. The van der Waals surface area contributed by atoms with Crippen LogP contribution < -0.4 is 15.5 Å². The van der Waals surface area contributed by atoms with Crippen molar-refractivity contribution in [1.29, 1.82) is 0 Å². The van der Waals surface area contributed by atoms with Gasteiger partial charge in [0.15, 0.2) is 5.65 Å². The quantitative estimate of drug-likeness (QED) is 0.599. The van der Waals surface area contributed by atoms with E-state index in [9.17, 15) is 9.59 Å². The van der Waals surface area contributed by atoms with E-state index in [0.29, 0.717) is 44.0 Å². The lowest BCUT2D eigenvalue weighted by Crippen LogP contribution is -2.29. The molecule has 2 aromatic heterocycles. The third-order valence-electron chi connectivity index (χ3n) is 6.30. The van der Waals surface area contributed by atoms with Crippen LogP contribution in [0.4, 0.5) is 17.1 Å². The van der Waals surface area contributed by atoms with Gasteiger partial charge in [-0.1, -0.05) is 12.1 Å². The molecule has 9 heteroatoms. The molecule has 0 bridgehead atoms. The lowest BCUT2D eigenvalue weighted by Gasteiger charge is -2.25. The summed E-state index contributed by atoms with van der Waals surface area (Å²) in [7, 11) is 0. The highest BCUT2D eigenvalue weighted by Crippen LogP contribution is 2.32. The maximum Gasteiger partial charge on any atom is 0.259 e. The molecule has 0 aliphatic carbocycles. The Morgan fingerprint density at radius 2 is 2.03 bits per heavy atom. The van der Waals surface area contributed by atoms with Crippen LogP contribution in [0.25, 0.3) is 11.0 Å². The maximum atomic E-state index is 13.5. The first-order valence-corrected chi connectivity index (χ1v) is 11.5. The smallest absolute Gasteiger partial charge is 0.259 e. The summed E-state index contributed by atoms with van der Waals surface area (Å²) >= 11 is 0. The van der Waals surface area contributed by atoms with Crippen LogP contribution in [0.2, 0.25) is 0 Å². The Labute approximate surface area is 192 Å². The number of hydrogen-bond acceptors (Lipinski definition) is 6. The van der Waals surface area contributed by atoms with Crippen molar-refractivity contribution in [3.8, 4) is 0 Å². The number of rotatable bonds is 6. The molecule has 0 atom stereocenters. The fourth-order valence-corrected chi connectivity index (χ4v) is 4.54. The normalized spacial score (nSPS) is 17.0. The number of nitrogens with zero attached hydrogens (tertiary/aromatic N) is 4. The molecule has 2 saturated heterocycles. The number of carbonyl (C=O) groups is 2. The summed E-state index contributed by atoms with van der Waals surface area (Å²) in [6.45, 7) is 4.75. The van der Waals surface area contributed by atoms with Gasteiger partial charge in [0, 0.05) is 45.0 Å². The van der Waals surface area contributed by atoms with E-state index in [-0.39, 0.29) is 17.9 Å². The van der Waals surface area contributed by atoms with Crippen LogP contribution in [0, 0.1) is 0 Å². The Morgan fingerprint density at radius 3 is 2.79 bits per heavy atom. The lowest BCUT2D eigenvalue weighted by molar-refractivity contribution is -0.117. The van der Waals surface area contributed by atoms with E-state index in [1.54, 1.807) is 17.3 Å². The number of anilines is 3. The Kier molecular flexibility index (Phi) is 5.95. The van der Waals surface area contributed by atoms with Crippen LogP contribution in [0.5, 0.6) is 0 Å². The van der Waals surface area contributed by atoms with Gasteiger partial charge in [0.2, 0.25) is 5.91 Å². The van der Waals surface area contributed by atoms with Crippen molar-refractivity contribution in [2.45, 2.75) is 45.2 Å². The molecule has 0 spiro atoms. The average Bonchev–Trinajstić information content (AvgIpc) is 3.46. The lowest BCUT2D eigenvalue weighted by atomic mass is 10.1. The van der Waals surface area contributed by atoms with Crippen molar-refractivity contribution in [3.05, 3.63) is 42.2 Å². The summed E-state index contributed by atoms with van der Waals surface area (Å²) in [5.41, 5.74) is 3.26. The number of carbonyl (C=O) groups excluding carboxylic acids is 2. The van der Waals surface area contributed by atoms with Crippen molar-refractivity contribution < 1.29 is 14.3 Å². The van der Waals surface area contributed by atoms with E-state index in [1.807, 2.05) is 35.9 Å². The van der Waals surface area contributed by atoms with Crippen molar-refractivity contribution in [1.82, 2.24) is 14.8 Å². The molecule has 3 aromatic rings. The molecule has 33 heavy (non-hydrogen) atoms. The summed E-state index contributed by atoms with van der Waals surface area (Å²) in [4.78, 5) is 32.1. The van der Waals surface area contributed by atoms with Gasteiger partial charge < -0.3 is 20.3 Å². The number of hydrogen-bond donors (Lipinski definition) is 2. The molecule has 2 aliphatic heterocycles. The second-order valence-corrected chi connectivity index (χ2v) is 8.40. The molecule has 5 rings (SSSR count). The number of benzene rings is 1. The van der Waals surface area contributed by atoms with Crippen LogP contribution in [-0.4, -0.2) is 52.4 Å². The van der Waals surface area contributed by atoms with E-state index in [2.05, 4.69) is 20.7 Å². The summed E-state index contributed by atoms with van der Waals surface area (Å²) in [5.74, 6) is -0.198. The van der Waals surface area contributed by atoms with E-state index in [0.717, 1.165) is 41.7 Å². The van der Waals surface area contributed by atoms with Crippen molar-refractivity contribution in [2.75, 3.05) is 35.3 Å². The average molecular weight is 449 g/mol. The van der Waals surface area contributed by atoms with Crippen LogP contribution in [-0.2, 0) is 16.1 Å². The summed E-state index contributed by atoms with van der Waals surface area (Å²) in [6.07, 6.45) is 6.46. The number of para-hydroxylation sites is 2. The van der Waals surface area contributed by atoms with Gasteiger partial charge in [-0.05, 0) is 38.3 Å². The van der Waals surface area contributed by atoms with Crippen molar-refractivity contribution >= 4 is 39.9 Å². The predicted molar refractivity (Wildman–Crippen MR) is 127 cm³/mol. The predicted octanol–water partition coefficient (Wildman–Crippen LogP) is 3.42. The molecule has 2 aliphatic rings. The van der Waals surface area contributed by atoms with E-state index in [4.69, 9.17) is 4.74 Å². The standard InChI is InChI=1S/C24H28N6O3/c1-2-30-23-17(15-26-30)22(27-16-9-12-33-13-10-16)18(14-25-23)24(32)28-19-6-3-4-7-20(19)29-11-5-8-21(29)31/h3-4,6-7,14-16H,2,5,8-13H2,1H3,(H,25,27)(H,28,32). The Balaban J connectivity index is 1.50. The van der Waals surface area contributed by atoms with Gasteiger partial charge in [-0.2, -0.15) is 5.10 Å². The monoisotopic (exact) mass is 448 g/mol. The minimum Gasteiger partial charge on any atom is -0.381 e. The summed E-state index contributed by atoms with van der Waals surface area (Å²) < 4.78 is 7.31. The van der Waals surface area contributed by atoms with Gasteiger partial charge in [-0.3, -0.25) is 9.59 Å². The van der Waals surface area contributed by atoms with Crippen LogP contribution in [0.15, 0.2) is 36.7 Å². The van der Waals surface area contributed by atoms with E-state index >= 15 is 0 Å². The Bertz CT molecular complexity index is 1180. The first kappa shape index (κ1) is 21.4. The van der Waals surface area contributed by atoms with Gasteiger partial charge in [0.1, 0.15) is 0 Å². The van der Waals surface area contributed by atoms with Crippen molar-refractivity contribution in [2.24, 2.45) is 0 Å². The molecule has 0 unspecified atom stereocenters. The SMILES string of the molecule is CCn1ncc2c(NC3CCOCC3)c(C(=O)Nc3ccccc3N3CCCC3=O)cnc21. The third-order valence-corrected chi connectivity index (χ3v) is 6.30. The maximum absolute atomic E-state index is 13.5. The van der Waals surface area contributed by atoms with Crippen molar-refractivity contribution in [3.63, 3.8) is 0 Å². The molecule has 2 N–H and O–H groups in total. The fraction of sp³-hybridized carbons (Fsp3) is 0.417. The molecule has 4 heterocycles. The number of nitrogens with one attached hydrogen (secondary N) is 2. The molecule has 172 valence electrons. The number of pyridine rings is 1. The zero-order valence-electron chi connectivity index (χ0n) is 18.7. The van der Waals surface area contributed by atoms with Gasteiger partial charge in [-0.25, -0.2) is 9.67 Å². The van der Waals surface area contributed by atoms with E-state index in [1.165, 1.54) is 0 Å². The third kappa shape index (κ3) is 4.16. The molecular formula is C24H28N6O3. The van der Waals surface area contributed by atoms with Gasteiger partial charge in [0.05, 0.1) is 34.2 Å². The molecular weight excluding hydrogens is 420 g/mol. The molecule has 2 fully saturated rings. The fourth-order valence-electron chi connectivity index (χ4n) is 4.54. The topological polar surface area (TPSA) is 101 Å². The molecule has 9 nitrogen and oxygen atoms in total. The van der Waals surface area contributed by atoms with Gasteiger partial charge >= 0.3 is 0 Å². The zero-order valence-corrected chi connectivity index (χ0v) is 18.7. The first-order chi connectivity index (χ1) is 16.2. The molecule has 1 aromatic carbocycles. The van der Waals surface area contributed by atoms with Crippen LogP contribution >= 0.6 is 0 Å². The second-order valence-electron chi connectivity index (χ2n) is 8.40. The number of fused-ring (bicyclic) bond motifs is 1. The highest BCUT2D eigenvalue weighted by Gasteiger charge is 2.26. The van der Waals surface area contributed by atoms with E-state index < -0.39 is 0 Å². The highest BCUT2D eigenvalue weighted by molar-refractivity contribution is 6.13. The number of aryl methyl sites for hydroxylation is 1.